The Morgan fingerprint density at radius 1 is 1.22 bits per heavy atom. The van der Waals surface area contributed by atoms with Crippen LogP contribution in [-0.4, -0.2) is 40.8 Å². The standard InChI is InChI=1S/C16H19F4NO2/c1-14(2,11-4-3-5-12(17)10-11)13(22)21-8-6-15(23,7-9-21)16(18,19)20/h3-5,10,23H,6-9H2,1-2H3. The molecule has 0 bridgehead atoms. The van der Waals surface area contributed by atoms with Crippen molar-refractivity contribution in [3.63, 3.8) is 0 Å². The fourth-order valence-corrected chi connectivity index (χ4v) is 2.76. The lowest BCUT2D eigenvalue weighted by Gasteiger charge is -2.41. The highest BCUT2D eigenvalue weighted by Crippen LogP contribution is 2.39. The van der Waals surface area contributed by atoms with Crippen LogP contribution in [0.15, 0.2) is 24.3 Å². The summed E-state index contributed by atoms with van der Waals surface area (Å²) in [5.41, 5.74) is -3.35. The van der Waals surface area contributed by atoms with E-state index in [0.717, 1.165) is 0 Å². The van der Waals surface area contributed by atoms with Crippen LogP contribution in [-0.2, 0) is 10.2 Å². The zero-order valence-electron chi connectivity index (χ0n) is 13.0. The number of nitrogens with zero attached hydrogens (tertiary/aromatic N) is 1. The quantitative estimate of drug-likeness (QED) is 0.845. The van der Waals surface area contributed by atoms with Crippen molar-refractivity contribution < 1.29 is 27.5 Å². The van der Waals surface area contributed by atoms with Crippen molar-refractivity contribution in [1.29, 1.82) is 0 Å². The Morgan fingerprint density at radius 2 is 1.78 bits per heavy atom. The maximum absolute atomic E-state index is 13.4. The monoisotopic (exact) mass is 333 g/mol. The van der Waals surface area contributed by atoms with Gasteiger partial charge in [-0.05, 0) is 31.5 Å². The predicted octanol–water partition coefficient (Wildman–Crippen LogP) is 3.02. The lowest BCUT2D eigenvalue weighted by atomic mass is 9.81. The third-order valence-corrected chi connectivity index (χ3v) is 4.49. The Kier molecular flexibility index (Phi) is 4.45. The van der Waals surface area contributed by atoms with Crippen LogP contribution in [0.4, 0.5) is 17.6 Å². The van der Waals surface area contributed by atoms with Crippen LogP contribution in [0.25, 0.3) is 0 Å². The first-order valence-corrected chi connectivity index (χ1v) is 7.32. The Morgan fingerprint density at radius 3 is 2.26 bits per heavy atom. The number of halogens is 4. The van der Waals surface area contributed by atoms with Gasteiger partial charge >= 0.3 is 6.18 Å². The summed E-state index contributed by atoms with van der Waals surface area (Å²) in [4.78, 5) is 13.9. The Labute approximate surface area is 131 Å². The largest absolute Gasteiger partial charge is 0.417 e. The first-order valence-electron chi connectivity index (χ1n) is 7.32. The van der Waals surface area contributed by atoms with E-state index in [9.17, 15) is 27.5 Å². The van der Waals surface area contributed by atoms with Crippen molar-refractivity contribution in [2.75, 3.05) is 13.1 Å². The van der Waals surface area contributed by atoms with E-state index in [1.165, 1.54) is 23.1 Å². The number of piperidine rings is 1. The lowest BCUT2D eigenvalue weighted by molar-refractivity contribution is -0.272. The summed E-state index contributed by atoms with van der Waals surface area (Å²) < 4.78 is 51.8. The van der Waals surface area contributed by atoms with Gasteiger partial charge in [-0.15, -0.1) is 0 Å². The van der Waals surface area contributed by atoms with E-state index in [0.29, 0.717) is 5.56 Å². The average molecular weight is 333 g/mol. The van der Waals surface area contributed by atoms with Gasteiger partial charge in [-0.25, -0.2) is 4.39 Å². The van der Waals surface area contributed by atoms with Gasteiger partial charge < -0.3 is 10.0 Å². The van der Waals surface area contributed by atoms with Gasteiger partial charge in [0.25, 0.3) is 0 Å². The van der Waals surface area contributed by atoms with Crippen molar-refractivity contribution in [1.82, 2.24) is 4.90 Å². The second-order valence-electron chi connectivity index (χ2n) is 6.46. The summed E-state index contributed by atoms with van der Waals surface area (Å²) in [6.45, 7) is 2.84. The van der Waals surface area contributed by atoms with Crippen molar-refractivity contribution in [2.24, 2.45) is 0 Å². The molecule has 3 nitrogen and oxygen atoms in total. The first kappa shape index (κ1) is 17.7. The van der Waals surface area contributed by atoms with Crippen molar-refractivity contribution >= 4 is 5.91 Å². The molecular weight excluding hydrogens is 314 g/mol. The van der Waals surface area contributed by atoms with Crippen LogP contribution in [0.2, 0.25) is 0 Å². The number of amides is 1. The number of carbonyl (C=O) groups is 1. The maximum Gasteiger partial charge on any atom is 0.417 e. The van der Waals surface area contributed by atoms with Crippen LogP contribution in [0.5, 0.6) is 0 Å². The van der Waals surface area contributed by atoms with E-state index in [-0.39, 0.29) is 19.0 Å². The highest BCUT2D eigenvalue weighted by atomic mass is 19.4. The second-order valence-corrected chi connectivity index (χ2v) is 6.46. The van der Waals surface area contributed by atoms with Crippen LogP contribution >= 0.6 is 0 Å². The van der Waals surface area contributed by atoms with Crippen LogP contribution in [0.1, 0.15) is 32.3 Å². The number of carbonyl (C=O) groups excluding carboxylic acids is 1. The number of hydrogen-bond donors (Lipinski definition) is 1. The third kappa shape index (κ3) is 3.34. The number of aliphatic hydroxyl groups is 1. The molecule has 0 unspecified atom stereocenters. The molecule has 0 radical (unpaired) electrons. The van der Waals surface area contributed by atoms with Crippen LogP contribution in [0, 0.1) is 5.82 Å². The van der Waals surface area contributed by atoms with Crippen molar-refractivity contribution in [2.45, 2.75) is 43.9 Å². The van der Waals surface area contributed by atoms with Gasteiger partial charge in [-0.1, -0.05) is 12.1 Å². The van der Waals surface area contributed by atoms with Gasteiger partial charge in [0, 0.05) is 25.9 Å². The highest BCUT2D eigenvalue weighted by molar-refractivity contribution is 5.87. The number of alkyl halides is 3. The molecule has 0 saturated carbocycles. The van der Waals surface area contributed by atoms with Gasteiger partial charge in [0.15, 0.2) is 5.60 Å². The van der Waals surface area contributed by atoms with Crippen molar-refractivity contribution in [3.8, 4) is 0 Å². The molecule has 1 N–H and O–H groups in total. The molecule has 0 aliphatic carbocycles. The number of benzene rings is 1. The molecule has 0 spiro atoms. The summed E-state index contributed by atoms with van der Waals surface area (Å²) in [6.07, 6.45) is -5.82. The minimum absolute atomic E-state index is 0.187. The molecule has 0 aromatic heterocycles. The number of likely N-dealkylation sites (tertiary alicyclic amines) is 1. The van der Waals surface area contributed by atoms with Crippen molar-refractivity contribution in [3.05, 3.63) is 35.6 Å². The van der Waals surface area contributed by atoms with E-state index < -0.39 is 35.9 Å². The number of hydrogen-bond acceptors (Lipinski definition) is 2. The van der Waals surface area contributed by atoms with Gasteiger partial charge in [0.05, 0.1) is 5.41 Å². The molecule has 128 valence electrons. The molecule has 7 heteroatoms. The highest BCUT2D eigenvalue weighted by Gasteiger charge is 2.55. The molecule has 2 rings (SSSR count). The van der Waals surface area contributed by atoms with Gasteiger partial charge in [0.2, 0.25) is 5.91 Å². The average Bonchev–Trinajstić information content (AvgIpc) is 2.46. The molecule has 1 saturated heterocycles. The van der Waals surface area contributed by atoms with E-state index in [4.69, 9.17) is 0 Å². The van der Waals surface area contributed by atoms with Gasteiger partial charge in [-0.2, -0.15) is 13.2 Å². The SMILES string of the molecule is CC(C)(C(=O)N1CCC(O)(C(F)(F)F)CC1)c1cccc(F)c1. The molecule has 1 fully saturated rings. The maximum atomic E-state index is 13.4. The molecule has 1 aromatic rings. The minimum Gasteiger partial charge on any atom is -0.380 e. The lowest BCUT2D eigenvalue weighted by Crippen LogP contribution is -2.56. The Hall–Kier alpha value is -1.63. The summed E-state index contributed by atoms with van der Waals surface area (Å²) in [5.74, 6) is -0.860. The Balaban J connectivity index is 2.13. The normalized spacial score (nSPS) is 18.8. The van der Waals surface area contributed by atoms with E-state index in [1.54, 1.807) is 19.9 Å². The Bertz CT molecular complexity index is 590. The second kappa shape index (κ2) is 5.78. The topological polar surface area (TPSA) is 40.5 Å². The molecule has 1 amide bonds. The first-order chi connectivity index (χ1) is 10.5. The van der Waals surface area contributed by atoms with Crippen LogP contribution in [0.3, 0.4) is 0 Å². The zero-order valence-corrected chi connectivity index (χ0v) is 13.0. The molecular formula is C16H19F4NO2. The molecule has 0 atom stereocenters. The fraction of sp³-hybridized carbons (Fsp3) is 0.562. The third-order valence-electron chi connectivity index (χ3n) is 4.49. The van der Waals surface area contributed by atoms with Gasteiger partial charge in [0.1, 0.15) is 5.82 Å². The summed E-state index contributed by atoms with van der Waals surface area (Å²) in [7, 11) is 0. The van der Waals surface area contributed by atoms with Gasteiger partial charge in [-0.3, -0.25) is 4.79 Å². The summed E-state index contributed by atoms with van der Waals surface area (Å²) >= 11 is 0. The smallest absolute Gasteiger partial charge is 0.380 e. The fourth-order valence-electron chi connectivity index (χ4n) is 2.76. The summed E-state index contributed by atoms with van der Waals surface area (Å²) in [5, 5.41) is 9.65. The molecule has 1 aromatic carbocycles. The zero-order chi connectivity index (χ0) is 17.5. The van der Waals surface area contributed by atoms with E-state index in [2.05, 4.69) is 0 Å². The van der Waals surface area contributed by atoms with E-state index >= 15 is 0 Å². The molecule has 23 heavy (non-hydrogen) atoms. The summed E-state index contributed by atoms with van der Waals surface area (Å²) in [6, 6.07) is 5.59. The molecule has 1 heterocycles. The van der Waals surface area contributed by atoms with Crippen LogP contribution < -0.4 is 0 Å². The predicted molar refractivity (Wildman–Crippen MR) is 76.2 cm³/mol. The van der Waals surface area contributed by atoms with E-state index in [1.807, 2.05) is 0 Å². The molecule has 1 aliphatic heterocycles. The molecule has 1 aliphatic rings. The number of rotatable bonds is 2. The minimum atomic E-state index is -4.71.